The van der Waals surface area contributed by atoms with E-state index in [1.807, 2.05) is 18.3 Å². The van der Waals surface area contributed by atoms with Crippen molar-refractivity contribution in [2.24, 2.45) is 0 Å². The molecule has 0 N–H and O–H groups in total. The van der Waals surface area contributed by atoms with Crippen molar-refractivity contribution in [3.05, 3.63) is 181 Å². The van der Waals surface area contributed by atoms with Crippen molar-refractivity contribution in [2.45, 2.75) is 39.5 Å². The molecule has 60 heavy (non-hydrogen) atoms. The van der Waals surface area contributed by atoms with Crippen LogP contribution in [0.2, 0.25) is 0 Å². The molecule has 4 aromatic heterocycles. The van der Waals surface area contributed by atoms with E-state index in [0.29, 0.717) is 11.8 Å². The summed E-state index contributed by atoms with van der Waals surface area (Å²) in [5.41, 5.74) is 15.3. The number of rotatable bonds is 7. The topological polar surface area (TPSA) is 49.7 Å². The van der Waals surface area contributed by atoms with Gasteiger partial charge in [-0.15, -0.1) is 34.8 Å². The Morgan fingerprint density at radius 1 is 0.550 bits per heavy atom. The molecule has 0 amide bonds. The first kappa shape index (κ1) is 37.7. The molecule has 0 aliphatic carbocycles. The van der Waals surface area contributed by atoms with Crippen molar-refractivity contribution in [1.29, 1.82) is 0 Å². The van der Waals surface area contributed by atoms with Gasteiger partial charge in [0.1, 0.15) is 11.6 Å². The smallest absolute Gasteiger partial charge is 0.656 e. The van der Waals surface area contributed by atoms with Gasteiger partial charge in [0.15, 0.2) is 0 Å². The third kappa shape index (κ3) is 5.94. The third-order valence-electron chi connectivity index (χ3n) is 11.9. The Bertz CT molecular complexity index is 3360. The average Bonchev–Trinajstić information content (AvgIpc) is 3.96. The van der Waals surface area contributed by atoms with Gasteiger partial charge < -0.3 is 9.55 Å². The zero-order valence-corrected chi connectivity index (χ0v) is 36.1. The Balaban J connectivity index is 0.00000433. The zero-order valence-electron chi connectivity index (χ0n) is 33.8. The van der Waals surface area contributed by atoms with Crippen molar-refractivity contribution in [3.8, 4) is 45.1 Å². The number of hydrogen-bond acceptors (Lipinski definition) is 2. The number of imidazole rings is 1. The standard InChI is InChI=1S/C54H41N5.Pt/c1-33(2)38-16-11-17-39(34(3)4)51(38)35-25-28-37(29-26-35)58-48-23-13-18-40(53(48)57-54(58)45-20-12-19-44-41-14-5-7-21-46(41)56-52(44)45)36-27-30-43-42-15-6-8-22-47(42)59(49(43)32-36)50-24-9-10-31-55-50;/h5-31,33-34H,1-4H3;/q-2;+2. The molecule has 0 saturated carbocycles. The van der Waals surface area contributed by atoms with Crippen LogP contribution in [-0.4, -0.2) is 19.1 Å². The minimum atomic E-state index is 0. The molecule has 6 heteroatoms. The maximum absolute atomic E-state index is 5.60. The van der Waals surface area contributed by atoms with Crippen LogP contribution in [0.4, 0.5) is 0 Å². The fourth-order valence-corrected chi connectivity index (χ4v) is 9.18. The molecule has 11 rings (SSSR count). The number of para-hydroxylation sites is 4. The van der Waals surface area contributed by atoms with Gasteiger partial charge in [0, 0.05) is 23.0 Å². The third-order valence-corrected chi connectivity index (χ3v) is 11.9. The molecular formula is C54H41N5Pt. The molecule has 4 heterocycles. The van der Waals surface area contributed by atoms with Crippen molar-refractivity contribution in [3.63, 3.8) is 0 Å². The van der Waals surface area contributed by atoms with E-state index in [2.05, 4.69) is 188 Å². The SMILES string of the molecule is CC(C)c1cccc(C(C)C)c1-c1ccc(-n2c(-c3cccc4c3[n-]c3ccccc34)nc3c(-c4[c-]c5c(cc4)c4ccccc4n5-c4ccccn4)cccc32)cc1.[Pt+2]. The number of fused-ring (bicyclic) bond motifs is 7. The average molecular weight is 955 g/mol. The summed E-state index contributed by atoms with van der Waals surface area (Å²) >= 11 is 0. The van der Waals surface area contributed by atoms with Crippen LogP contribution < -0.4 is 4.98 Å². The van der Waals surface area contributed by atoms with Crippen LogP contribution in [0.25, 0.3) is 99.8 Å². The molecule has 0 atom stereocenters. The van der Waals surface area contributed by atoms with Gasteiger partial charge in [-0.3, -0.25) is 4.57 Å². The molecule has 0 aliphatic heterocycles. The molecule has 11 aromatic rings. The molecule has 5 nitrogen and oxygen atoms in total. The summed E-state index contributed by atoms with van der Waals surface area (Å²) in [7, 11) is 0. The molecule has 0 saturated heterocycles. The number of nitrogens with zero attached hydrogens (tertiary/aromatic N) is 5. The number of aromatic nitrogens is 5. The van der Waals surface area contributed by atoms with E-state index in [4.69, 9.17) is 15.0 Å². The zero-order chi connectivity index (χ0) is 39.8. The maximum Gasteiger partial charge on any atom is 2.00 e. The van der Waals surface area contributed by atoms with Gasteiger partial charge in [0.2, 0.25) is 0 Å². The summed E-state index contributed by atoms with van der Waals surface area (Å²) in [6.45, 7) is 9.14. The summed E-state index contributed by atoms with van der Waals surface area (Å²) < 4.78 is 4.53. The molecule has 0 fully saturated rings. The molecule has 0 aliphatic rings. The quantitative estimate of drug-likeness (QED) is 0.150. The van der Waals surface area contributed by atoms with Crippen LogP contribution in [0.5, 0.6) is 0 Å². The normalized spacial score (nSPS) is 11.8. The second kappa shape index (κ2) is 14.9. The maximum atomic E-state index is 5.60. The monoisotopic (exact) mass is 954 g/mol. The van der Waals surface area contributed by atoms with Crippen LogP contribution in [-0.2, 0) is 21.1 Å². The molecular weight excluding hydrogens is 914 g/mol. The van der Waals surface area contributed by atoms with Gasteiger partial charge in [0.25, 0.3) is 0 Å². The Hall–Kier alpha value is -6.55. The van der Waals surface area contributed by atoms with Crippen LogP contribution in [0.15, 0.2) is 164 Å². The predicted molar refractivity (Wildman–Crippen MR) is 245 cm³/mol. The Morgan fingerprint density at radius 3 is 1.98 bits per heavy atom. The van der Waals surface area contributed by atoms with Gasteiger partial charge in [0.05, 0.1) is 11.0 Å². The molecule has 0 radical (unpaired) electrons. The molecule has 0 unspecified atom stereocenters. The van der Waals surface area contributed by atoms with Crippen LogP contribution >= 0.6 is 0 Å². The van der Waals surface area contributed by atoms with Gasteiger partial charge >= 0.3 is 21.1 Å². The van der Waals surface area contributed by atoms with E-state index in [1.165, 1.54) is 27.6 Å². The van der Waals surface area contributed by atoms with Crippen LogP contribution in [0, 0.1) is 6.07 Å². The fourth-order valence-electron chi connectivity index (χ4n) is 9.18. The van der Waals surface area contributed by atoms with Gasteiger partial charge in [-0.2, -0.15) is 0 Å². The number of hydrogen-bond donors (Lipinski definition) is 0. The Kier molecular flexibility index (Phi) is 9.38. The second-order valence-corrected chi connectivity index (χ2v) is 16.1. The minimum Gasteiger partial charge on any atom is -0.656 e. The van der Waals surface area contributed by atoms with Crippen molar-refractivity contribution in [1.82, 2.24) is 24.1 Å². The molecule has 0 spiro atoms. The van der Waals surface area contributed by atoms with E-state index in [1.54, 1.807) is 0 Å². The summed E-state index contributed by atoms with van der Waals surface area (Å²) in [5.74, 6) is 2.52. The van der Waals surface area contributed by atoms with E-state index in [9.17, 15) is 0 Å². The summed E-state index contributed by atoms with van der Waals surface area (Å²) in [6, 6.07) is 60.0. The molecule has 0 bridgehead atoms. The first-order valence-electron chi connectivity index (χ1n) is 20.5. The van der Waals surface area contributed by atoms with Crippen LogP contribution in [0.3, 0.4) is 0 Å². The van der Waals surface area contributed by atoms with Crippen molar-refractivity contribution < 1.29 is 21.1 Å². The fraction of sp³-hybridized carbons (Fsp3) is 0.111. The van der Waals surface area contributed by atoms with Crippen molar-refractivity contribution in [2.75, 3.05) is 0 Å². The largest absolute Gasteiger partial charge is 2.00 e. The van der Waals surface area contributed by atoms with E-state index < -0.39 is 0 Å². The molecule has 7 aromatic carbocycles. The first-order chi connectivity index (χ1) is 28.9. The minimum absolute atomic E-state index is 0. The number of benzene rings is 7. The van der Waals surface area contributed by atoms with Crippen LogP contribution in [0.1, 0.15) is 50.7 Å². The number of pyridine rings is 1. The Morgan fingerprint density at radius 2 is 1.22 bits per heavy atom. The summed E-state index contributed by atoms with van der Waals surface area (Å²) in [6.07, 6.45) is 1.85. The predicted octanol–water partition coefficient (Wildman–Crippen LogP) is 13.8. The van der Waals surface area contributed by atoms with Gasteiger partial charge in [-0.1, -0.05) is 148 Å². The first-order valence-corrected chi connectivity index (χ1v) is 20.5. The van der Waals surface area contributed by atoms with Gasteiger partial charge in [-0.05, 0) is 92.2 Å². The summed E-state index contributed by atoms with van der Waals surface area (Å²) in [5, 5.41) is 4.57. The van der Waals surface area contributed by atoms with Crippen molar-refractivity contribution >= 4 is 54.6 Å². The van der Waals surface area contributed by atoms with E-state index >= 15 is 0 Å². The second-order valence-electron chi connectivity index (χ2n) is 16.1. The summed E-state index contributed by atoms with van der Waals surface area (Å²) in [4.78, 5) is 15.6. The molecule has 292 valence electrons. The van der Waals surface area contributed by atoms with E-state index in [0.717, 1.165) is 83.3 Å². The Labute approximate surface area is 363 Å². The van der Waals surface area contributed by atoms with E-state index in [-0.39, 0.29) is 21.1 Å². The van der Waals surface area contributed by atoms with Gasteiger partial charge in [-0.25, -0.2) is 9.97 Å².